The molecule has 5 heteroatoms. The number of hydrogen-bond donors (Lipinski definition) is 2. The van der Waals surface area contributed by atoms with Crippen LogP contribution in [0.2, 0.25) is 0 Å². The standard InChI is InChI=1S/C4H3F2NO2/c5-4(6,9)2-1-3(7)8/h9H,(H2,7,8). The van der Waals surface area contributed by atoms with Crippen molar-refractivity contribution in [1.29, 1.82) is 0 Å². The fourth-order valence-electron chi connectivity index (χ4n) is 0.137. The fraction of sp³-hybridized carbons (Fsp3) is 0.250. The van der Waals surface area contributed by atoms with Crippen LogP contribution in [-0.2, 0) is 4.79 Å². The third-order valence-corrected chi connectivity index (χ3v) is 0.336. The first kappa shape index (κ1) is 7.85. The Balaban J connectivity index is 4.04. The lowest BCUT2D eigenvalue weighted by Gasteiger charge is -1.93. The molecule has 0 aromatic carbocycles. The van der Waals surface area contributed by atoms with Crippen molar-refractivity contribution >= 4 is 5.91 Å². The van der Waals surface area contributed by atoms with Gasteiger partial charge in [-0.25, -0.2) is 0 Å². The van der Waals surface area contributed by atoms with E-state index in [-0.39, 0.29) is 0 Å². The van der Waals surface area contributed by atoms with Crippen molar-refractivity contribution in [2.45, 2.75) is 6.11 Å². The van der Waals surface area contributed by atoms with Crippen LogP contribution in [0.1, 0.15) is 0 Å². The second kappa shape index (κ2) is 2.42. The summed E-state index contributed by atoms with van der Waals surface area (Å²) in [5.74, 6) is 0.988. The summed E-state index contributed by atoms with van der Waals surface area (Å²) in [6.45, 7) is 0. The Labute approximate surface area is 49.5 Å². The number of primary amides is 1. The van der Waals surface area contributed by atoms with Crippen LogP contribution in [0, 0.1) is 11.8 Å². The molecule has 0 radical (unpaired) electrons. The molecule has 0 aromatic heterocycles. The molecule has 0 aliphatic rings. The van der Waals surface area contributed by atoms with Gasteiger partial charge in [0.1, 0.15) is 0 Å². The first-order valence-corrected chi connectivity index (χ1v) is 1.84. The Morgan fingerprint density at radius 2 is 2.11 bits per heavy atom. The van der Waals surface area contributed by atoms with Crippen LogP contribution in [-0.4, -0.2) is 17.1 Å². The first-order valence-electron chi connectivity index (χ1n) is 1.84. The zero-order valence-corrected chi connectivity index (χ0v) is 4.19. The minimum Gasteiger partial charge on any atom is -0.359 e. The lowest BCUT2D eigenvalue weighted by Crippen LogP contribution is -2.13. The quantitative estimate of drug-likeness (QED) is 0.421. The summed E-state index contributed by atoms with van der Waals surface area (Å²) in [4.78, 5) is 9.65. The van der Waals surface area contributed by atoms with E-state index >= 15 is 0 Å². The molecular weight excluding hydrogens is 132 g/mol. The Bertz CT molecular complexity index is 173. The second-order valence-electron chi connectivity index (χ2n) is 1.16. The van der Waals surface area contributed by atoms with Crippen LogP contribution in [0.5, 0.6) is 0 Å². The third-order valence-electron chi connectivity index (χ3n) is 0.336. The van der Waals surface area contributed by atoms with E-state index in [1.807, 2.05) is 0 Å². The van der Waals surface area contributed by atoms with Crippen LogP contribution < -0.4 is 5.73 Å². The molecule has 0 saturated carbocycles. The van der Waals surface area contributed by atoms with E-state index in [1.54, 1.807) is 0 Å². The molecule has 0 aliphatic carbocycles. The van der Waals surface area contributed by atoms with E-state index in [2.05, 4.69) is 5.73 Å². The number of carbonyl (C=O) groups excluding carboxylic acids is 1. The Morgan fingerprint density at radius 1 is 1.67 bits per heavy atom. The molecular formula is C4H3F2NO2. The van der Waals surface area contributed by atoms with Gasteiger partial charge in [0.25, 0.3) is 5.91 Å². The summed E-state index contributed by atoms with van der Waals surface area (Å²) >= 11 is 0. The highest BCUT2D eigenvalue weighted by atomic mass is 19.3. The van der Waals surface area contributed by atoms with Gasteiger partial charge in [-0.1, -0.05) is 0 Å². The molecule has 0 aliphatic heterocycles. The number of nitrogens with two attached hydrogens (primary N) is 1. The molecule has 1 amide bonds. The number of carbonyl (C=O) groups is 1. The van der Waals surface area contributed by atoms with Gasteiger partial charge in [0, 0.05) is 11.8 Å². The van der Waals surface area contributed by atoms with E-state index in [0.29, 0.717) is 0 Å². The fourth-order valence-corrected chi connectivity index (χ4v) is 0.137. The second-order valence-corrected chi connectivity index (χ2v) is 1.16. The van der Waals surface area contributed by atoms with Crippen molar-refractivity contribution < 1.29 is 18.7 Å². The molecule has 0 rings (SSSR count). The molecule has 0 bridgehead atoms. The van der Waals surface area contributed by atoms with Crippen LogP contribution >= 0.6 is 0 Å². The summed E-state index contributed by atoms with van der Waals surface area (Å²) in [7, 11) is 0. The Hall–Kier alpha value is -1.15. The van der Waals surface area contributed by atoms with Gasteiger partial charge in [0.15, 0.2) is 0 Å². The summed E-state index contributed by atoms with van der Waals surface area (Å²) in [5, 5.41) is 7.55. The maximum absolute atomic E-state index is 11.3. The summed E-state index contributed by atoms with van der Waals surface area (Å²) in [6.07, 6.45) is -4.13. The normalized spacial score (nSPS) is 9.67. The van der Waals surface area contributed by atoms with Gasteiger partial charge >= 0.3 is 6.11 Å². The van der Waals surface area contributed by atoms with Crippen LogP contribution in [0.4, 0.5) is 8.78 Å². The average molecular weight is 135 g/mol. The first-order chi connectivity index (χ1) is 3.92. The Kier molecular flexibility index (Phi) is 2.11. The molecule has 0 heterocycles. The van der Waals surface area contributed by atoms with Gasteiger partial charge in [-0.15, -0.1) is 0 Å². The molecule has 9 heavy (non-hydrogen) atoms. The van der Waals surface area contributed by atoms with E-state index in [0.717, 1.165) is 5.92 Å². The average Bonchev–Trinajstić information content (AvgIpc) is 1.59. The smallest absolute Gasteiger partial charge is 0.359 e. The van der Waals surface area contributed by atoms with Gasteiger partial charge in [-0.2, -0.15) is 8.78 Å². The van der Waals surface area contributed by atoms with Gasteiger partial charge in [-0.05, 0) is 0 Å². The third kappa shape index (κ3) is 6.85. The Morgan fingerprint density at radius 3 is 2.22 bits per heavy atom. The van der Waals surface area contributed by atoms with Gasteiger partial charge < -0.3 is 10.8 Å². The van der Waals surface area contributed by atoms with E-state index in [1.165, 1.54) is 5.92 Å². The molecule has 0 unspecified atom stereocenters. The van der Waals surface area contributed by atoms with Crippen LogP contribution in [0.25, 0.3) is 0 Å². The summed E-state index contributed by atoms with van der Waals surface area (Å²) < 4.78 is 22.5. The maximum Gasteiger partial charge on any atom is 0.421 e. The molecule has 0 spiro atoms. The molecule has 50 valence electrons. The maximum atomic E-state index is 11.3. The zero-order chi connectivity index (χ0) is 7.49. The highest BCUT2D eigenvalue weighted by molar-refractivity contribution is 5.92. The van der Waals surface area contributed by atoms with Gasteiger partial charge in [0.2, 0.25) is 0 Å². The predicted molar refractivity (Wildman–Crippen MR) is 24.1 cm³/mol. The SMILES string of the molecule is NC(=O)C#CC(O)(F)F. The van der Waals surface area contributed by atoms with Crippen molar-refractivity contribution in [2.75, 3.05) is 0 Å². The lowest BCUT2D eigenvalue weighted by atomic mass is 10.5. The van der Waals surface area contributed by atoms with Crippen molar-refractivity contribution in [3.05, 3.63) is 0 Å². The van der Waals surface area contributed by atoms with Gasteiger partial charge in [-0.3, -0.25) is 4.79 Å². The number of rotatable bonds is 0. The number of hydrogen-bond acceptors (Lipinski definition) is 2. The lowest BCUT2D eigenvalue weighted by molar-refractivity contribution is -0.145. The van der Waals surface area contributed by atoms with E-state index < -0.39 is 12.0 Å². The molecule has 0 atom stereocenters. The van der Waals surface area contributed by atoms with E-state index in [9.17, 15) is 13.6 Å². The van der Waals surface area contributed by atoms with E-state index in [4.69, 9.17) is 5.11 Å². The zero-order valence-electron chi connectivity index (χ0n) is 4.19. The monoisotopic (exact) mass is 135 g/mol. The number of amides is 1. The highest BCUT2D eigenvalue weighted by Crippen LogP contribution is 2.03. The van der Waals surface area contributed by atoms with Crippen LogP contribution in [0.15, 0.2) is 0 Å². The van der Waals surface area contributed by atoms with Crippen LogP contribution in [0.3, 0.4) is 0 Å². The number of halogens is 2. The predicted octanol–water partition coefficient (Wildman–Crippen LogP) is -0.940. The largest absolute Gasteiger partial charge is 0.421 e. The number of aliphatic hydroxyl groups is 1. The molecule has 0 saturated heterocycles. The van der Waals surface area contributed by atoms with Crippen molar-refractivity contribution in [2.24, 2.45) is 5.73 Å². The van der Waals surface area contributed by atoms with Crippen molar-refractivity contribution in [3.63, 3.8) is 0 Å². The molecule has 3 N–H and O–H groups in total. The minimum atomic E-state index is -4.13. The summed E-state index contributed by atoms with van der Waals surface area (Å²) in [5.41, 5.74) is 4.34. The highest BCUT2D eigenvalue weighted by Gasteiger charge is 2.19. The minimum absolute atomic E-state index is 0.919. The van der Waals surface area contributed by atoms with Gasteiger partial charge in [0.05, 0.1) is 0 Å². The molecule has 0 fully saturated rings. The van der Waals surface area contributed by atoms with Crippen molar-refractivity contribution in [1.82, 2.24) is 0 Å². The summed E-state index contributed by atoms with van der Waals surface area (Å²) in [6, 6.07) is 0. The topological polar surface area (TPSA) is 63.3 Å². The molecule has 3 nitrogen and oxygen atoms in total. The number of alkyl halides is 2. The van der Waals surface area contributed by atoms with Crippen molar-refractivity contribution in [3.8, 4) is 11.8 Å². The molecule has 0 aromatic rings.